The number of ether oxygens (including phenoxy) is 1. The minimum atomic E-state index is -4.21. The van der Waals surface area contributed by atoms with E-state index in [4.69, 9.17) is 4.74 Å². The topological polar surface area (TPSA) is 163 Å². The highest BCUT2D eigenvalue weighted by molar-refractivity contribution is 7.89. The molecule has 184 valence electrons. The van der Waals surface area contributed by atoms with Gasteiger partial charge in [0.2, 0.25) is 21.8 Å². The van der Waals surface area contributed by atoms with Crippen LogP contribution in [0.15, 0.2) is 29.2 Å². The molecule has 1 aromatic rings. The fourth-order valence-corrected chi connectivity index (χ4v) is 4.84. The molecule has 0 saturated carbocycles. The first-order valence-corrected chi connectivity index (χ1v) is 12.3. The summed E-state index contributed by atoms with van der Waals surface area (Å²) in [6, 6.07) is 4.21. The average molecular weight is 485 g/mol. The molecule has 33 heavy (non-hydrogen) atoms. The van der Waals surface area contributed by atoms with E-state index in [0.29, 0.717) is 12.3 Å². The fourth-order valence-electron chi connectivity index (χ4n) is 3.48. The molecule has 0 radical (unpaired) electrons. The van der Waals surface area contributed by atoms with Crippen molar-refractivity contribution in [2.24, 2.45) is 5.92 Å². The molecular weight excluding hydrogens is 452 g/mol. The van der Waals surface area contributed by atoms with Crippen molar-refractivity contribution in [2.75, 3.05) is 33.3 Å². The van der Waals surface area contributed by atoms with Crippen molar-refractivity contribution in [3.8, 4) is 5.75 Å². The molecule has 1 heterocycles. The van der Waals surface area contributed by atoms with Crippen LogP contribution < -0.4 is 25.4 Å². The Bertz CT molecular complexity index is 917. The molecule has 1 fully saturated rings. The molecule has 2 rings (SSSR count). The number of benzene rings is 1. The molecule has 1 unspecified atom stereocenters. The summed E-state index contributed by atoms with van der Waals surface area (Å²) >= 11 is 0. The Labute approximate surface area is 193 Å². The molecule has 0 aliphatic carbocycles. The number of rotatable bonds is 13. The number of piperidine rings is 1. The number of carboxylic acids is 1. The number of methoxy groups -OCH3 is 1. The molecule has 1 aromatic carbocycles. The Morgan fingerprint density at radius 3 is 2.45 bits per heavy atom. The molecule has 5 N–H and O–H groups in total. The summed E-state index contributed by atoms with van der Waals surface area (Å²) in [6.45, 7) is 1.60. The summed E-state index contributed by atoms with van der Waals surface area (Å²) in [7, 11) is -2.91. The van der Waals surface area contributed by atoms with Crippen molar-refractivity contribution in [3.05, 3.63) is 24.3 Å². The Morgan fingerprint density at radius 2 is 1.79 bits per heavy atom. The zero-order chi connectivity index (χ0) is 24.3. The van der Waals surface area contributed by atoms with E-state index in [9.17, 15) is 27.9 Å². The van der Waals surface area contributed by atoms with Crippen LogP contribution in [0.1, 0.15) is 32.1 Å². The van der Waals surface area contributed by atoms with Gasteiger partial charge in [0.05, 0.1) is 7.11 Å². The van der Waals surface area contributed by atoms with E-state index in [0.717, 1.165) is 32.4 Å². The number of aliphatic carboxylic acids is 1. The maximum absolute atomic E-state index is 12.6. The normalized spacial score (nSPS) is 15.4. The Kier molecular flexibility index (Phi) is 10.6. The Balaban J connectivity index is 1.75. The minimum absolute atomic E-state index is 0.0509. The molecule has 1 aliphatic rings. The van der Waals surface area contributed by atoms with E-state index in [1.807, 2.05) is 0 Å². The number of para-hydroxylation sites is 1. The number of carbonyl (C=O) groups excluding carboxylic acids is 2. The first-order valence-electron chi connectivity index (χ1n) is 10.8. The van der Waals surface area contributed by atoms with Crippen LogP contribution in [-0.4, -0.2) is 70.6 Å². The predicted molar refractivity (Wildman–Crippen MR) is 120 cm³/mol. The van der Waals surface area contributed by atoms with Gasteiger partial charge >= 0.3 is 5.97 Å². The van der Waals surface area contributed by atoms with Crippen molar-refractivity contribution >= 4 is 27.8 Å². The monoisotopic (exact) mass is 484 g/mol. The van der Waals surface area contributed by atoms with Gasteiger partial charge in [0, 0.05) is 25.9 Å². The summed E-state index contributed by atoms with van der Waals surface area (Å²) in [5.74, 6) is -1.48. The number of hydrogen-bond donors (Lipinski definition) is 5. The fraction of sp³-hybridized carbons (Fsp3) is 0.571. The molecule has 0 aromatic heterocycles. The lowest BCUT2D eigenvalue weighted by atomic mass is 9.93. The van der Waals surface area contributed by atoms with Crippen molar-refractivity contribution in [3.63, 3.8) is 0 Å². The van der Waals surface area contributed by atoms with Gasteiger partial charge in [0.15, 0.2) is 0 Å². The van der Waals surface area contributed by atoms with E-state index >= 15 is 0 Å². The van der Waals surface area contributed by atoms with Gasteiger partial charge in [-0.15, -0.1) is 0 Å². The number of carbonyl (C=O) groups is 3. The lowest BCUT2D eigenvalue weighted by Crippen LogP contribution is -2.48. The second-order valence-electron chi connectivity index (χ2n) is 7.80. The molecule has 0 spiro atoms. The summed E-state index contributed by atoms with van der Waals surface area (Å²) in [5.41, 5.74) is 0. The van der Waals surface area contributed by atoms with E-state index in [-0.39, 0.29) is 29.5 Å². The molecule has 2 amide bonds. The van der Waals surface area contributed by atoms with Crippen molar-refractivity contribution < 1.29 is 32.6 Å². The molecule has 1 atom stereocenters. The standard InChI is InChI=1S/C21H32N4O7S/c1-32-17-4-2-3-5-18(17)33(30,31)25-16(21(28)29)14-24-20(27)10-13-23-19(26)7-6-15-8-11-22-12-9-15/h2-5,15-16,22,25H,6-14H2,1H3,(H,23,26)(H,24,27)(H,28,29). The second kappa shape index (κ2) is 13.1. The van der Waals surface area contributed by atoms with Gasteiger partial charge in [-0.25, -0.2) is 8.42 Å². The van der Waals surface area contributed by atoms with Crippen molar-refractivity contribution in [2.45, 2.75) is 43.0 Å². The van der Waals surface area contributed by atoms with Gasteiger partial charge in [-0.3, -0.25) is 14.4 Å². The van der Waals surface area contributed by atoms with Crippen LogP contribution in [-0.2, 0) is 24.4 Å². The third-order valence-corrected chi connectivity index (χ3v) is 6.88. The highest BCUT2D eigenvalue weighted by Gasteiger charge is 2.28. The lowest BCUT2D eigenvalue weighted by Gasteiger charge is -2.22. The van der Waals surface area contributed by atoms with Crippen molar-refractivity contribution in [1.82, 2.24) is 20.7 Å². The van der Waals surface area contributed by atoms with Crippen LogP contribution in [0.2, 0.25) is 0 Å². The smallest absolute Gasteiger partial charge is 0.323 e. The van der Waals surface area contributed by atoms with Gasteiger partial charge in [0.1, 0.15) is 16.7 Å². The highest BCUT2D eigenvalue weighted by Crippen LogP contribution is 2.22. The molecule has 0 bridgehead atoms. The molecule has 1 aliphatic heterocycles. The molecular formula is C21H32N4O7S. The van der Waals surface area contributed by atoms with Gasteiger partial charge in [-0.2, -0.15) is 4.72 Å². The van der Waals surface area contributed by atoms with Crippen molar-refractivity contribution in [1.29, 1.82) is 0 Å². The molecule has 12 heteroatoms. The van der Waals surface area contributed by atoms with Crippen LogP contribution >= 0.6 is 0 Å². The number of amides is 2. The minimum Gasteiger partial charge on any atom is -0.495 e. The maximum atomic E-state index is 12.6. The van der Waals surface area contributed by atoms with Gasteiger partial charge < -0.3 is 25.8 Å². The van der Waals surface area contributed by atoms with Crippen LogP contribution in [0.4, 0.5) is 0 Å². The third kappa shape index (κ3) is 8.98. The zero-order valence-electron chi connectivity index (χ0n) is 18.6. The second-order valence-corrected chi connectivity index (χ2v) is 9.48. The van der Waals surface area contributed by atoms with Crippen LogP contribution in [0.25, 0.3) is 0 Å². The predicted octanol–water partition coefficient (Wildman–Crippen LogP) is -0.171. The third-order valence-electron chi connectivity index (χ3n) is 5.37. The summed E-state index contributed by atoms with van der Waals surface area (Å²) in [4.78, 5) is 35.3. The summed E-state index contributed by atoms with van der Waals surface area (Å²) in [6.07, 6.45) is 3.28. The number of sulfonamides is 1. The van der Waals surface area contributed by atoms with E-state index in [2.05, 4.69) is 20.7 Å². The lowest BCUT2D eigenvalue weighted by molar-refractivity contribution is -0.138. The maximum Gasteiger partial charge on any atom is 0.323 e. The van der Waals surface area contributed by atoms with Crippen LogP contribution in [0.3, 0.4) is 0 Å². The van der Waals surface area contributed by atoms with Crippen LogP contribution in [0, 0.1) is 5.92 Å². The number of hydrogen-bond acceptors (Lipinski definition) is 7. The zero-order valence-corrected chi connectivity index (χ0v) is 19.4. The molecule has 11 nitrogen and oxygen atoms in total. The van der Waals surface area contributed by atoms with Gasteiger partial charge in [-0.05, 0) is 50.4 Å². The largest absolute Gasteiger partial charge is 0.495 e. The van der Waals surface area contributed by atoms with E-state index < -0.39 is 34.5 Å². The Morgan fingerprint density at radius 1 is 1.12 bits per heavy atom. The summed E-state index contributed by atoms with van der Waals surface area (Å²) < 4.78 is 32.2. The Hall–Kier alpha value is -2.70. The van der Waals surface area contributed by atoms with Gasteiger partial charge in [-0.1, -0.05) is 12.1 Å². The van der Waals surface area contributed by atoms with E-state index in [1.54, 1.807) is 6.07 Å². The first-order chi connectivity index (χ1) is 15.7. The number of carboxylic acid groups (broad SMARTS) is 1. The first kappa shape index (κ1) is 26.6. The molecule has 1 saturated heterocycles. The average Bonchev–Trinajstić information content (AvgIpc) is 2.80. The summed E-state index contributed by atoms with van der Waals surface area (Å²) in [5, 5.41) is 17.7. The highest BCUT2D eigenvalue weighted by atomic mass is 32.2. The van der Waals surface area contributed by atoms with E-state index in [1.165, 1.54) is 25.3 Å². The SMILES string of the molecule is COc1ccccc1S(=O)(=O)NC(CNC(=O)CCNC(=O)CCC1CCNCC1)C(=O)O. The van der Waals surface area contributed by atoms with Gasteiger partial charge in [0.25, 0.3) is 0 Å². The quantitative estimate of drug-likeness (QED) is 0.258. The van der Waals surface area contributed by atoms with Crippen LogP contribution in [0.5, 0.6) is 5.75 Å². The number of nitrogens with one attached hydrogen (secondary N) is 4.